The van der Waals surface area contributed by atoms with Crippen LogP contribution in [-0.2, 0) is 6.42 Å². The zero-order valence-electron chi connectivity index (χ0n) is 14.1. The predicted molar refractivity (Wildman–Crippen MR) is 96.5 cm³/mol. The zero-order valence-corrected chi connectivity index (χ0v) is 14.1. The van der Waals surface area contributed by atoms with E-state index in [0.29, 0.717) is 5.92 Å². The van der Waals surface area contributed by atoms with Crippen LogP contribution in [0.4, 0.5) is 0 Å². The molecule has 2 aliphatic rings. The van der Waals surface area contributed by atoms with Crippen LogP contribution in [0.3, 0.4) is 0 Å². The number of benzene rings is 2. The quantitative estimate of drug-likeness (QED) is 0.777. The summed E-state index contributed by atoms with van der Waals surface area (Å²) in [5.41, 5.74) is 4.17. The molecule has 2 aromatic carbocycles. The highest BCUT2D eigenvalue weighted by Crippen LogP contribution is 2.38. The average Bonchev–Trinajstić information content (AvgIpc) is 3.24. The van der Waals surface area contributed by atoms with Gasteiger partial charge in [-0.1, -0.05) is 36.4 Å². The van der Waals surface area contributed by atoms with Crippen LogP contribution in [0, 0.1) is 0 Å². The van der Waals surface area contributed by atoms with Gasteiger partial charge in [0.05, 0.1) is 6.10 Å². The number of likely N-dealkylation sites (tertiary alicyclic amines) is 1. The molecule has 5 rings (SSSR count). The van der Waals surface area contributed by atoms with Gasteiger partial charge in [0.1, 0.15) is 5.52 Å². The molecule has 0 spiro atoms. The molecular weight excluding hydrogens is 312 g/mol. The fraction of sp³-hybridized carbons (Fsp3) is 0.381. The largest absolute Gasteiger partial charge is 0.440 e. The van der Waals surface area contributed by atoms with Gasteiger partial charge in [0, 0.05) is 18.5 Å². The lowest BCUT2D eigenvalue weighted by Gasteiger charge is -2.37. The summed E-state index contributed by atoms with van der Waals surface area (Å²) in [5.74, 6) is 1.15. The van der Waals surface area contributed by atoms with Gasteiger partial charge in [-0.15, -0.1) is 0 Å². The van der Waals surface area contributed by atoms with E-state index in [1.54, 1.807) is 0 Å². The van der Waals surface area contributed by atoms with Crippen molar-refractivity contribution in [2.45, 2.75) is 37.3 Å². The molecule has 0 bridgehead atoms. The van der Waals surface area contributed by atoms with E-state index >= 15 is 0 Å². The molecule has 3 atom stereocenters. The fourth-order valence-electron chi connectivity index (χ4n) is 4.46. The Morgan fingerprint density at radius 2 is 1.92 bits per heavy atom. The molecule has 0 saturated carbocycles. The van der Waals surface area contributed by atoms with Gasteiger partial charge in [0.25, 0.3) is 0 Å². The Balaban J connectivity index is 1.38. The van der Waals surface area contributed by atoms with E-state index in [2.05, 4.69) is 23.1 Å². The molecule has 1 aliphatic carbocycles. The Morgan fingerprint density at radius 1 is 1.08 bits per heavy atom. The van der Waals surface area contributed by atoms with Crippen molar-refractivity contribution in [3.05, 3.63) is 65.5 Å². The lowest BCUT2D eigenvalue weighted by Crippen LogP contribution is -2.44. The SMILES string of the molecule is OC1c2ccccc2CC1N1CCCC(c2nc3ccccc3o2)C1. The first-order chi connectivity index (χ1) is 12.3. The third-order valence-corrected chi connectivity index (χ3v) is 5.75. The molecule has 4 heteroatoms. The minimum absolute atomic E-state index is 0.171. The maximum absolute atomic E-state index is 10.8. The summed E-state index contributed by atoms with van der Waals surface area (Å²) in [6.45, 7) is 1.94. The van der Waals surface area contributed by atoms with Crippen LogP contribution in [-0.4, -0.2) is 34.1 Å². The molecule has 1 fully saturated rings. The zero-order chi connectivity index (χ0) is 16.8. The molecule has 3 aromatic rings. The van der Waals surface area contributed by atoms with Gasteiger partial charge in [-0.25, -0.2) is 4.98 Å². The maximum Gasteiger partial charge on any atom is 0.199 e. The first kappa shape index (κ1) is 15.1. The predicted octanol–water partition coefficient (Wildman–Crippen LogP) is 3.67. The highest BCUT2D eigenvalue weighted by molar-refractivity contribution is 5.72. The van der Waals surface area contributed by atoms with Gasteiger partial charge in [-0.3, -0.25) is 4.90 Å². The lowest BCUT2D eigenvalue weighted by molar-refractivity contribution is 0.0415. The number of nitrogens with zero attached hydrogens (tertiary/aromatic N) is 2. The summed E-state index contributed by atoms with van der Waals surface area (Å²) >= 11 is 0. The number of hydrogen-bond donors (Lipinski definition) is 1. The van der Waals surface area contributed by atoms with Crippen LogP contribution in [0.2, 0.25) is 0 Å². The Bertz CT molecular complexity index is 871. The van der Waals surface area contributed by atoms with Gasteiger partial charge >= 0.3 is 0 Å². The van der Waals surface area contributed by atoms with E-state index in [1.165, 1.54) is 5.56 Å². The minimum Gasteiger partial charge on any atom is -0.440 e. The molecule has 2 heterocycles. The second-order valence-electron chi connectivity index (χ2n) is 7.27. The van der Waals surface area contributed by atoms with Crippen LogP contribution in [0.5, 0.6) is 0 Å². The standard InChI is InChI=1S/C21H22N2O2/c24-20-16-8-2-1-6-14(16)12-18(20)23-11-5-7-15(13-23)21-22-17-9-3-4-10-19(17)25-21/h1-4,6,8-10,15,18,20,24H,5,7,11-13H2. The Labute approximate surface area is 147 Å². The number of piperidine rings is 1. The highest BCUT2D eigenvalue weighted by atomic mass is 16.3. The molecule has 3 unspecified atom stereocenters. The van der Waals surface area contributed by atoms with Crippen LogP contribution in [0.25, 0.3) is 11.1 Å². The number of aromatic nitrogens is 1. The van der Waals surface area contributed by atoms with Gasteiger partial charge in [-0.2, -0.15) is 0 Å². The van der Waals surface area contributed by atoms with Crippen LogP contribution in [0.15, 0.2) is 52.9 Å². The number of hydrogen-bond acceptors (Lipinski definition) is 4. The Hall–Kier alpha value is -2.17. The molecule has 1 N–H and O–H groups in total. The normalized spacial score (nSPS) is 26.8. The van der Waals surface area contributed by atoms with Crippen LogP contribution < -0.4 is 0 Å². The van der Waals surface area contributed by atoms with Crippen LogP contribution >= 0.6 is 0 Å². The maximum atomic E-state index is 10.8. The molecule has 1 aliphatic heterocycles. The number of fused-ring (bicyclic) bond motifs is 2. The van der Waals surface area contributed by atoms with E-state index in [1.807, 2.05) is 30.3 Å². The number of aliphatic hydroxyl groups excluding tert-OH is 1. The smallest absolute Gasteiger partial charge is 0.199 e. The van der Waals surface area contributed by atoms with Crippen molar-refractivity contribution >= 4 is 11.1 Å². The van der Waals surface area contributed by atoms with Gasteiger partial charge in [-0.05, 0) is 49.1 Å². The summed E-state index contributed by atoms with van der Waals surface area (Å²) in [5, 5.41) is 10.8. The molecule has 128 valence electrons. The van der Waals surface area contributed by atoms with E-state index in [9.17, 15) is 5.11 Å². The van der Waals surface area contributed by atoms with Gasteiger partial charge in [0.15, 0.2) is 11.5 Å². The summed E-state index contributed by atoms with van der Waals surface area (Å²) < 4.78 is 6.01. The van der Waals surface area contributed by atoms with Crippen molar-refractivity contribution in [1.29, 1.82) is 0 Å². The number of rotatable bonds is 2. The van der Waals surface area contributed by atoms with E-state index in [4.69, 9.17) is 9.40 Å². The van der Waals surface area contributed by atoms with Gasteiger partial charge < -0.3 is 9.52 Å². The summed E-state index contributed by atoms with van der Waals surface area (Å²) in [7, 11) is 0. The first-order valence-corrected chi connectivity index (χ1v) is 9.15. The molecule has 4 nitrogen and oxygen atoms in total. The van der Waals surface area contributed by atoms with Gasteiger partial charge in [0.2, 0.25) is 0 Å². The van der Waals surface area contributed by atoms with E-state index in [-0.39, 0.29) is 6.04 Å². The lowest BCUT2D eigenvalue weighted by atomic mass is 9.95. The highest BCUT2D eigenvalue weighted by Gasteiger charge is 2.37. The van der Waals surface area contributed by atoms with Crippen molar-refractivity contribution < 1.29 is 9.52 Å². The minimum atomic E-state index is -0.390. The molecule has 0 radical (unpaired) electrons. The van der Waals surface area contributed by atoms with Crippen molar-refractivity contribution in [3.63, 3.8) is 0 Å². The van der Waals surface area contributed by atoms with Crippen LogP contribution in [0.1, 0.15) is 41.9 Å². The molecular formula is C21H22N2O2. The second-order valence-corrected chi connectivity index (χ2v) is 7.27. The van der Waals surface area contributed by atoms with Crippen molar-refractivity contribution in [3.8, 4) is 0 Å². The van der Waals surface area contributed by atoms with Crippen molar-refractivity contribution in [1.82, 2.24) is 9.88 Å². The molecule has 25 heavy (non-hydrogen) atoms. The average molecular weight is 334 g/mol. The summed E-state index contributed by atoms with van der Waals surface area (Å²) in [6, 6.07) is 16.4. The molecule has 1 aromatic heterocycles. The number of aliphatic hydroxyl groups is 1. The fourth-order valence-corrected chi connectivity index (χ4v) is 4.46. The Morgan fingerprint density at radius 3 is 2.80 bits per heavy atom. The third-order valence-electron chi connectivity index (χ3n) is 5.75. The molecule has 0 amide bonds. The van der Waals surface area contributed by atoms with Crippen molar-refractivity contribution in [2.24, 2.45) is 0 Å². The first-order valence-electron chi connectivity index (χ1n) is 9.15. The van der Waals surface area contributed by atoms with E-state index < -0.39 is 6.10 Å². The number of oxazole rings is 1. The monoisotopic (exact) mass is 334 g/mol. The molecule has 1 saturated heterocycles. The summed E-state index contributed by atoms with van der Waals surface area (Å²) in [6.07, 6.45) is 2.75. The van der Waals surface area contributed by atoms with Crippen molar-refractivity contribution in [2.75, 3.05) is 13.1 Å². The second kappa shape index (κ2) is 5.97. The van der Waals surface area contributed by atoms with E-state index in [0.717, 1.165) is 54.9 Å². The summed E-state index contributed by atoms with van der Waals surface area (Å²) in [4.78, 5) is 7.14. The Kier molecular flexibility index (Phi) is 3.61. The topological polar surface area (TPSA) is 49.5 Å². The third kappa shape index (κ3) is 2.57. The number of para-hydroxylation sites is 2.